The molecule has 0 aromatic carbocycles. The molecule has 0 amide bonds. The lowest BCUT2D eigenvalue weighted by atomic mass is 9.79. The molecule has 0 aliphatic heterocycles. The van der Waals surface area contributed by atoms with Gasteiger partial charge < -0.3 is 0 Å². The highest BCUT2D eigenvalue weighted by atomic mass is 15.0. The summed E-state index contributed by atoms with van der Waals surface area (Å²) in [4.78, 5) is 0. The molecule has 0 bridgehead atoms. The summed E-state index contributed by atoms with van der Waals surface area (Å²) in [5.74, 6) is 4.48. The van der Waals surface area contributed by atoms with Gasteiger partial charge in [-0.25, -0.2) is 0 Å². The van der Waals surface area contributed by atoms with Crippen LogP contribution in [0.1, 0.15) is 47.0 Å². The molecule has 0 radical (unpaired) electrons. The van der Waals surface area contributed by atoms with Crippen LogP contribution in [0.4, 0.5) is 0 Å². The van der Waals surface area contributed by atoms with Crippen molar-refractivity contribution in [2.24, 2.45) is 11.8 Å². The molecule has 14 heavy (non-hydrogen) atoms. The zero-order valence-electron chi connectivity index (χ0n) is 9.93. The maximum absolute atomic E-state index is 5.48. The Hall–Kier alpha value is -0.480. The van der Waals surface area contributed by atoms with E-state index >= 15 is 0 Å². The van der Waals surface area contributed by atoms with Crippen LogP contribution in [0.3, 0.4) is 0 Å². The molecule has 1 N–H and O–H groups in total. The normalized spacial score (nSPS) is 33.8. The Morgan fingerprint density at radius 3 is 2.07 bits per heavy atom. The predicted octanol–water partition coefficient (Wildman–Crippen LogP) is 2.81. The van der Waals surface area contributed by atoms with E-state index < -0.39 is 0 Å². The zero-order chi connectivity index (χ0) is 10.8. The van der Waals surface area contributed by atoms with Gasteiger partial charge in [-0.2, -0.15) is 0 Å². The average molecular weight is 193 g/mol. The van der Waals surface area contributed by atoms with Crippen LogP contribution in [-0.2, 0) is 0 Å². The lowest BCUT2D eigenvalue weighted by molar-refractivity contribution is 0.218. The second-order valence-electron chi connectivity index (χ2n) is 5.53. The minimum absolute atomic E-state index is 0.151. The summed E-state index contributed by atoms with van der Waals surface area (Å²) < 4.78 is 0. The Morgan fingerprint density at radius 1 is 1.14 bits per heavy atom. The average Bonchev–Trinajstić information content (AvgIpc) is 2.01. The van der Waals surface area contributed by atoms with E-state index in [1.165, 1.54) is 19.3 Å². The molecule has 1 nitrogen and oxygen atoms in total. The molecule has 0 aromatic rings. The fourth-order valence-electron chi connectivity index (χ4n) is 2.62. The van der Waals surface area contributed by atoms with E-state index in [9.17, 15) is 0 Å². The monoisotopic (exact) mass is 193 g/mol. The second-order valence-corrected chi connectivity index (χ2v) is 5.53. The van der Waals surface area contributed by atoms with E-state index in [1.807, 2.05) is 0 Å². The van der Waals surface area contributed by atoms with Gasteiger partial charge in [-0.15, -0.1) is 6.42 Å². The molecule has 0 spiro atoms. The summed E-state index contributed by atoms with van der Waals surface area (Å²) in [6.07, 6.45) is 9.40. The van der Waals surface area contributed by atoms with Crippen molar-refractivity contribution in [3.63, 3.8) is 0 Å². The standard InChI is InChI=1S/C13H23N/c1-6-13(4,5)14-12-8-10(2)7-11(3)9-12/h1,10-12,14H,7-9H2,2-5H3. The third kappa shape index (κ3) is 3.35. The third-order valence-electron chi connectivity index (χ3n) is 3.10. The third-order valence-corrected chi connectivity index (χ3v) is 3.10. The van der Waals surface area contributed by atoms with Crippen molar-refractivity contribution < 1.29 is 0 Å². The van der Waals surface area contributed by atoms with E-state index in [-0.39, 0.29) is 5.54 Å². The van der Waals surface area contributed by atoms with E-state index in [1.54, 1.807) is 0 Å². The highest BCUT2D eigenvalue weighted by Crippen LogP contribution is 2.29. The number of nitrogens with one attached hydrogen (secondary N) is 1. The van der Waals surface area contributed by atoms with Crippen LogP contribution in [0.2, 0.25) is 0 Å². The Balaban J connectivity index is 2.49. The Kier molecular flexibility index (Phi) is 3.61. The molecule has 2 atom stereocenters. The molecular formula is C13H23N. The van der Waals surface area contributed by atoms with Gasteiger partial charge in [0.2, 0.25) is 0 Å². The molecule has 1 aliphatic carbocycles. The van der Waals surface area contributed by atoms with Gasteiger partial charge in [-0.05, 0) is 44.9 Å². The first-order chi connectivity index (χ1) is 6.43. The van der Waals surface area contributed by atoms with E-state index in [4.69, 9.17) is 6.42 Å². The quantitative estimate of drug-likeness (QED) is 0.665. The Bertz CT molecular complexity index is 214. The molecule has 1 heteroatoms. The largest absolute Gasteiger partial charge is 0.299 e. The summed E-state index contributed by atoms with van der Waals surface area (Å²) in [7, 11) is 0. The molecular weight excluding hydrogens is 170 g/mol. The van der Waals surface area contributed by atoms with Crippen LogP contribution in [0, 0.1) is 24.2 Å². The molecule has 0 heterocycles. The summed E-state index contributed by atoms with van der Waals surface area (Å²) in [6.45, 7) is 8.84. The first-order valence-corrected chi connectivity index (χ1v) is 5.68. The molecule has 1 aliphatic rings. The fourth-order valence-corrected chi connectivity index (χ4v) is 2.62. The molecule has 0 aromatic heterocycles. The van der Waals surface area contributed by atoms with Gasteiger partial charge in [0.15, 0.2) is 0 Å². The molecule has 1 fully saturated rings. The van der Waals surface area contributed by atoms with Crippen LogP contribution in [0.25, 0.3) is 0 Å². The lowest BCUT2D eigenvalue weighted by Crippen LogP contribution is -2.47. The predicted molar refractivity (Wildman–Crippen MR) is 62.0 cm³/mol. The fraction of sp³-hybridized carbons (Fsp3) is 0.846. The summed E-state index contributed by atoms with van der Waals surface area (Å²) >= 11 is 0. The Labute approximate surface area is 88.7 Å². The molecule has 1 saturated carbocycles. The van der Waals surface area contributed by atoms with Crippen LogP contribution in [-0.4, -0.2) is 11.6 Å². The number of hydrogen-bond acceptors (Lipinski definition) is 1. The lowest BCUT2D eigenvalue weighted by Gasteiger charge is -2.36. The maximum atomic E-state index is 5.48. The van der Waals surface area contributed by atoms with Gasteiger partial charge in [-0.3, -0.25) is 5.32 Å². The van der Waals surface area contributed by atoms with Gasteiger partial charge in [0.25, 0.3) is 0 Å². The second kappa shape index (κ2) is 4.36. The molecule has 1 rings (SSSR count). The highest BCUT2D eigenvalue weighted by Gasteiger charge is 2.27. The van der Waals surface area contributed by atoms with Crippen molar-refractivity contribution in [2.45, 2.75) is 58.5 Å². The van der Waals surface area contributed by atoms with Crippen molar-refractivity contribution in [3.05, 3.63) is 0 Å². The first-order valence-electron chi connectivity index (χ1n) is 5.68. The van der Waals surface area contributed by atoms with Gasteiger partial charge in [0, 0.05) is 6.04 Å². The van der Waals surface area contributed by atoms with Crippen molar-refractivity contribution in [3.8, 4) is 12.3 Å². The summed E-state index contributed by atoms with van der Waals surface area (Å²) in [6, 6.07) is 0.611. The van der Waals surface area contributed by atoms with Crippen molar-refractivity contribution in [2.75, 3.05) is 0 Å². The van der Waals surface area contributed by atoms with E-state index in [2.05, 4.69) is 38.9 Å². The number of rotatable bonds is 2. The maximum Gasteiger partial charge on any atom is 0.0743 e. The van der Waals surface area contributed by atoms with Crippen molar-refractivity contribution in [1.29, 1.82) is 0 Å². The van der Waals surface area contributed by atoms with Gasteiger partial charge in [0.05, 0.1) is 5.54 Å². The van der Waals surface area contributed by atoms with Crippen LogP contribution in [0.5, 0.6) is 0 Å². The minimum atomic E-state index is -0.151. The number of terminal acetylenes is 1. The van der Waals surface area contributed by atoms with Crippen molar-refractivity contribution in [1.82, 2.24) is 5.32 Å². The van der Waals surface area contributed by atoms with Crippen LogP contribution < -0.4 is 5.32 Å². The molecule has 80 valence electrons. The van der Waals surface area contributed by atoms with Gasteiger partial charge in [-0.1, -0.05) is 19.8 Å². The first kappa shape index (κ1) is 11.6. The molecule has 0 saturated heterocycles. The summed E-state index contributed by atoms with van der Waals surface area (Å²) in [5.41, 5.74) is -0.151. The van der Waals surface area contributed by atoms with E-state index in [0.717, 1.165) is 11.8 Å². The highest BCUT2D eigenvalue weighted by molar-refractivity contribution is 5.08. The van der Waals surface area contributed by atoms with Crippen molar-refractivity contribution >= 4 is 0 Å². The van der Waals surface area contributed by atoms with E-state index in [0.29, 0.717) is 6.04 Å². The number of hydrogen-bond donors (Lipinski definition) is 1. The molecule has 2 unspecified atom stereocenters. The van der Waals surface area contributed by atoms with Gasteiger partial charge in [0.1, 0.15) is 0 Å². The zero-order valence-corrected chi connectivity index (χ0v) is 9.93. The SMILES string of the molecule is C#CC(C)(C)NC1CC(C)CC(C)C1. The summed E-state index contributed by atoms with van der Waals surface area (Å²) in [5, 5.41) is 3.57. The van der Waals surface area contributed by atoms with Crippen LogP contribution in [0.15, 0.2) is 0 Å². The minimum Gasteiger partial charge on any atom is -0.299 e. The van der Waals surface area contributed by atoms with Gasteiger partial charge >= 0.3 is 0 Å². The Morgan fingerprint density at radius 2 is 1.64 bits per heavy atom. The smallest absolute Gasteiger partial charge is 0.0743 e. The van der Waals surface area contributed by atoms with Crippen LogP contribution >= 0.6 is 0 Å². The topological polar surface area (TPSA) is 12.0 Å².